The summed E-state index contributed by atoms with van der Waals surface area (Å²) in [5, 5.41) is 7.90. The molecule has 0 unspecified atom stereocenters. The van der Waals surface area contributed by atoms with Gasteiger partial charge in [-0.3, -0.25) is 4.68 Å². The summed E-state index contributed by atoms with van der Waals surface area (Å²) in [6.45, 7) is 0.544. The molecule has 0 saturated heterocycles. The van der Waals surface area contributed by atoms with Crippen LogP contribution >= 0.6 is 15.9 Å². The SMILES string of the molecule is N/C(=N\OC(=O)c1cccc(Cn2cc(Br)cn2)c1)c1ccccc1. The molecule has 0 aliphatic carbocycles. The largest absolute Gasteiger partial charge is 0.380 e. The van der Waals surface area contributed by atoms with Crippen molar-refractivity contribution in [3.8, 4) is 0 Å². The third kappa shape index (κ3) is 4.54. The fraction of sp³-hybridized carbons (Fsp3) is 0.0556. The average Bonchev–Trinajstić information content (AvgIpc) is 3.05. The zero-order valence-electron chi connectivity index (χ0n) is 13.2. The summed E-state index contributed by atoms with van der Waals surface area (Å²) in [4.78, 5) is 17.1. The maximum atomic E-state index is 12.2. The Labute approximate surface area is 153 Å². The van der Waals surface area contributed by atoms with Crippen molar-refractivity contribution in [3.05, 3.63) is 88.2 Å². The van der Waals surface area contributed by atoms with Gasteiger partial charge in [-0.1, -0.05) is 47.6 Å². The lowest BCUT2D eigenvalue weighted by molar-refractivity contribution is 0.0516. The van der Waals surface area contributed by atoms with Crippen LogP contribution in [-0.2, 0) is 11.4 Å². The van der Waals surface area contributed by atoms with E-state index in [1.54, 1.807) is 41.2 Å². The van der Waals surface area contributed by atoms with Crippen LogP contribution in [0.4, 0.5) is 0 Å². The van der Waals surface area contributed by atoms with E-state index in [0.29, 0.717) is 17.7 Å². The van der Waals surface area contributed by atoms with Gasteiger partial charge in [-0.2, -0.15) is 5.10 Å². The Bertz CT molecular complexity index is 906. The molecule has 0 aliphatic rings. The number of carbonyl (C=O) groups excluding carboxylic acids is 1. The molecule has 7 heteroatoms. The Balaban J connectivity index is 1.69. The van der Waals surface area contributed by atoms with Gasteiger partial charge in [0.05, 0.1) is 22.8 Å². The summed E-state index contributed by atoms with van der Waals surface area (Å²) in [7, 11) is 0. The van der Waals surface area contributed by atoms with Gasteiger partial charge in [0, 0.05) is 11.8 Å². The normalized spacial score (nSPS) is 11.3. The minimum atomic E-state index is -0.567. The van der Waals surface area contributed by atoms with Gasteiger partial charge in [-0.15, -0.1) is 0 Å². The number of oxime groups is 1. The molecule has 0 radical (unpaired) electrons. The topological polar surface area (TPSA) is 82.5 Å². The van der Waals surface area contributed by atoms with E-state index in [0.717, 1.165) is 10.0 Å². The molecule has 2 aromatic carbocycles. The van der Waals surface area contributed by atoms with E-state index in [1.807, 2.05) is 30.5 Å². The average molecular weight is 399 g/mol. The highest BCUT2D eigenvalue weighted by Gasteiger charge is 2.09. The van der Waals surface area contributed by atoms with E-state index < -0.39 is 5.97 Å². The number of hydrogen-bond donors (Lipinski definition) is 1. The van der Waals surface area contributed by atoms with Gasteiger partial charge in [0.25, 0.3) is 0 Å². The molecule has 0 aliphatic heterocycles. The quantitative estimate of drug-likeness (QED) is 0.309. The second-order valence-corrected chi connectivity index (χ2v) is 6.19. The van der Waals surface area contributed by atoms with E-state index >= 15 is 0 Å². The van der Waals surface area contributed by atoms with Gasteiger partial charge in [0.1, 0.15) is 0 Å². The molecule has 3 aromatic rings. The predicted molar refractivity (Wildman–Crippen MR) is 98.1 cm³/mol. The minimum Gasteiger partial charge on any atom is -0.380 e. The first kappa shape index (κ1) is 16.9. The zero-order chi connectivity index (χ0) is 17.6. The third-order valence-electron chi connectivity index (χ3n) is 3.41. The van der Waals surface area contributed by atoms with Crippen LogP contribution in [0.1, 0.15) is 21.5 Å². The number of carbonyl (C=O) groups is 1. The van der Waals surface area contributed by atoms with Crippen molar-refractivity contribution in [1.29, 1.82) is 0 Å². The minimum absolute atomic E-state index is 0.145. The molecule has 2 N–H and O–H groups in total. The molecule has 1 heterocycles. The van der Waals surface area contributed by atoms with Crippen LogP contribution in [0.2, 0.25) is 0 Å². The number of amidine groups is 1. The first-order valence-corrected chi connectivity index (χ1v) is 8.28. The Morgan fingerprint density at radius 3 is 2.64 bits per heavy atom. The Hall–Kier alpha value is -2.93. The van der Waals surface area contributed by atoms with Gasteiger partial charge in [-0.05, 0) is 33.6 Å². The fourth-order valence-electron chi connectivity index (χ4n) is 2.21. The Morgan fingerprint density at radius 1 is 1.16 bits per heavy atom. The standard InChI is InChI=1S/C18H15BrN4O2/c19-16-10-21-23(12-16)11-13-5-4-8-15(9-13)18(24)25-22-17(20)14-6-2-1-3-7-14/h1-10,12H,11H2,(H2,20,22). The number of rotatable bonds is 5. The molecule has 0 amide bonds. The molecule has 0 atom stereocenters. The van der Waals surface area contributed by atoms with Crippen LogP contribution in [-0.4, -0.2) is 21.6 Å². The number of benzene rings is 2. The zero-order valence-corrected chi connectivity index (χ0v) is 14.8. The summed E-state index contributed by atoms with van der Waals surface area (Å²) in [6.07, 6.45) is 3.56. The van der Waals surface area contributed by atoms with Crippen LogP contribution in [0, 0.1) is 0 Å². The summed E-state index contributed by atoms with van der Waals surface area (Å²) in [5.74, 6) is -0.422. The monoisotopic (exact) mass is 398 g/mol. The molecule has 25 heavy (non-hydrogen) atoms. The number of nitrogens with zero attached hydrogens (tertiary/aromatic N) is 3. The summed E-state index contributed by atoms with van der Waals surface area (Å²) < 4.78 is 2.66. The Kier molecular flexibility index (Phi) is 5.25. The highest BCUT2D eigenvalue weighted by Crippen LogP contribution is 2.11. The van der Waals surface area contributed by atoms with Crippen LogP contribution < -0.4 is 5.73 Å². The summed E-state index contributed by atoms with van der Waals surface area (Å²) in [5.41, 5.74) is 7.82. The number of nitrogens with two attached hydrogens (primary N) is 1. The van der Waals surface area contributed by atoms with Crippen molar-refractivity contribution < 1.29 is 9.63 Å². The summed E-state index contributed by atoms with van der Waals surface area (Å²) in [6, 6.07) is 16.2. The highest BCUT2D eigenvalue weighted by atomic mass is 79.9. The highest BCUT2D eigenvalue weighted by molar-refractivity contribution is 9.10. The predicted octanol–water partition coefficient (Wildman–Crippen LogP) is 3.17. The van der Waals surface area contributed by atoms with Crippen molar-refractivity contribution in [1.82, 2.24) is 9.78 Å². The van der Waals surface area contributed by atoms with Gasteiger partial charge in [0.2, 0.25) is 0 Å². The second kappa shape index (κ2) is 7.76. The van der Waals surface area contributed by atoms with Crippen LogP contribution in [0.5, 0.6) is 0 Å². The lowest BCUT2D eigenvalue weighted by Crippen LogP contribution is -2.15. The molecule has 0 bridgehead atoms. The Morgan fingerprint density at radius 2 is 1.92 bits per heavy atom. The second-order valence-electron chi connectivity index (χ2n) is 5.28. The van der Waals surface area contributed by atoms with Crippen molar-refractivity contribution in [2.24, 2.45) is 10.9 Å². The van der Waals surface area contributed by atoms with E-state index in [2.05, 4.69) is 26.2 Å². The van der Waals surface area contributed by atoms with E-state index in [9.17, 15) is 4.79 Å². The van der Waals surface area contributed by atoms with E-state index in [1.165, 1.54) is 0 Å². The van der Waals surface area contributed by atoms with Crippen LogP contribution in [0.15, 0.2) is 76.6 Å². The van der Waals surface area contributed by atoms with Crippen LogP contribution in [0.3, 0.4) is 0 Å². The van der Waals surface area contributed by atoms with Gasteiger partial charge in [0.15, 0.2) is 5.84 Å². The number of aromatic nitrogens is 2. The van der Waals surface area contributed by atoms with Gasteiger partial charge >= 0.3 is 5.97 Å². The fourth-order valence-corrected chi connectivity index (χ4v) is 2.54. The third-order valence-corrected chi connectivity index (χ3v) is 3.81. The number of hydrogen-bond acceptors (Lipinski definition) is 4. The molecular weight excluding hydrogens is 384 g/mol. The first-order valence-electron chi connectivity index (χ1n) is 7.49. The molecular formula is C18H15BrN4O2. The maximum absolute atomic E-state index is 12.2. The smallest absolute Gasteiger partial charge is 0.365 e. The van der Waals surface area contributed by atoms with Gasteiger partial charge < -0.3 is 10.6 Å². The lowest BCUT2D eigenvalue weighted by atomic mass is 10.1. The van der Waals surface area contributed by atoms with Crippen molar-refractivity contribution >= 4 is 27.7 Å². The number of halogens is 1. The van der Waals surface area contributed by atoms with Crippen molar-refractivity contribution in [2.45, 2.75) is 6.54 Å². The molecule has 6 nitrogen and oxygen atoms in total. The molecule has 3 rings (SSSR count). The van der Waals surface area contributed by atoms with E-state index in [-0.39, 0.29) is 5.84 Å². The van der Waals surface area contributed by atoms with E-state index in [4.69, 9.17) is 10.6 Å². The maximum Gasteiger partial charge on any atom is 0.365 e. The summed E-state index contributed by atoms with van der Waals surface area (Å²) >= 11 is 3.35. The van der Waals surface area contributed by atoms with Crippen molar-refractivity contribution in [3.63, 3.8) is 0 Å². The lowest BCUT2D eigenvalue weighted by Gasteiger charge is -2.05. The molecule has 0 fully saturated rings. The van der Waals surface area contributed by atoms with Gasteiger partial charge in [-0.25, -0.2) is 4.79 Å². The molecule has 126 valence electrons. The first-order chi connectivity index (χ1) is 12.1. The molecule has 0 saturated carbocycles. The molecule has 0 spiro atoms. The van der Waals surface area contributed by atoms with Crippen molar-refractivity contribution in [2.75, 3.05) is 0 Å². The van der Waals surface area contributed by atoms with Crippen LogP contribution in [0.25, 0.3) is 0 Å². The molecule has 1 aromatic heterocycles.